The zero-order chi connectivity index (χ0) is 19.7. The molecule has 1 aliphatic carbocycles. The van der Waals surface area contributed by atoms with Crippen LogP contribution in [0.25, 0.3) is 0 Å². The number of aromatic nitrogens is 3. The summed E-state index contributed by atoms with van der Waals surface area (Å²) in [4.78, 5) is 21.9. The van der Waals surface area contributed by atoms with Gasteiger partial charge in [0.1, 0.15) is 11.5 Å². The van der Waals surface area contributed by atoms with Crippen molar-refractivity contribution in [3.8, 4) is 0 Å². The summed E-state index contributed by atoms with van der Waals surface area (Å²) < 4.78 is 2.06. The number of carbonyl (C=O) groups excluding carboxylic acids is 1. The molecular formula is C24H27N3O. The average Bonchev–Trinajstić information content (AvgIpc) is 3.45. The molecule has 4 heteroatoms. The summed E-state index contributed by atoms with van der Waals surface area (Å²) in [6, 6.07) is 12.3. The Morgan fingerprint density at radius 2 is 2.07 bits per heavy atom. The second-order valence-corrected chi connectivity index (χ2v) is 8.08. The van der Waals surface area contributed by atoms with E-state index in [1.165, 1.54) is 24.0 Å². The summed E-state index contributed by atoms with van der Waals surface area (Å²) in [5.74, 6) is 2.07. The quantitative estimate of drug-likeness (QED) is 0.560. The van der Waals surface area contributed by atoms with Crippen LogP contribution < -0.4 is 0 Å². The standard InChI is InChI=1S/C24H27N3O/c1-16-7-10-21(26-24(16)19-8-9-19)22(28)15-18-5-4-6-20(14-18)17(2)13-23-25-11-12-27(23)3/h4-7,10-12,14,17,19H,8-9,13,15H2,1-3H3. The Hall–Kier alpha value is -2.75. The Morgan fingerprint density at radius 1 is 1.25 bits per heavy atom. The maximum atomic E-state index is 12.8. The molecule has 1 aliphatic rings. The van der Waals surface area contributed by atoms with Gasteiger partial charge in [-0.15, -0.1) is 0 Å². The summed E-state index contributed by atoms with van der Waals surface area (Å²) in [6.07, 6.45) is 7.47. The van der Waals surface area contributed by atoms with Gasteiger partial charge in [-0.3, -0.25) is 4.79 Å². The Morgan fingerprint density at radius 3 is 2.79 bits per heavy atom. The van der Waals surface area contributed by atoms with Crippen molar-refractivity contribution < 1.29 is 4.79 Å². The van der Waals surface area contributed by atoms with Gasteiger partial charge in [0.05, 0.1) is 0 Å². The first kappa shape index (κ1) is 18.6. The van der Waals surface area contributed by atoms with Gasteiger partial charge in [-0.25, -0.2) is 9.97 Å². The molecule has 3 aromatic rings. The molecule has 1 saturated carbocycles. The first-order valence-corrected chi connectivity index (χ1v) is 10.1. The number of nitrogens with zero attached hydrogens (tertiary/aromatic N) is 3. The topological polar surface area (TPSA) is 47.8 Å². The van der Waals surface area contributed by atoms with Crippen molar-refractivity contribution in [2.75, 3.05) is 0 Å². The van der Waals surface area contributed by atoms with Crippen LogP contribution in [0.15, 0.2) is 48.8 Å². The van der Waals surface area contributed by atoms with E-state index >= 15 is 0 Å². The number of pyridine rings is 1. The second-order valence-electron chi connectivity index (χ2n) is 8.08. The van der Waals surface area contributed by atoms with E-state index in [4.69, 9.17) is 0 Å². The van der Waals surface area contributed by atoms with Crippen LogP contribution >= 0.6 is 0 Å². The van der Waals surface area contributed by atoms with Crippen LogP contribution in [0.1, 0.15) is 70.3 Å². The third kappa shape index (κ3) is 4.06. The van der Waals surface area contributed by atoms with Gasteiger partial charge < -0.3 is 4.57 Å². The Bertz CT molecular complexity index is 1000. The first-order valence-electron chi connectivity index (χ1n) is 10.1. The molecule has 2 aromatic heterocycles. The van der Waals surface area contributed by atoms with Crippen molar-refractivity contribution in [1.82, 2.24) is 14.5 Å². The summed E-state index contributed by atoms with van der Waals surface area (Å²) >= 11 is 0. The zero-order valence-electron chi connectivity index (χ0n) is 16.9. The first-order chi connectivity index (χ1) is 13.5. The SMILES string of the molecule is Cc1ccc(C(=O)Cc2cccc(C(C)Cc3nccn3C)c2)nc1C1CC1. The number of Topliss-reactive ketones (excluding diaryl/α,β-unsaturated/α-hetero) is 1. The normalized spacial score (nSPS) is 14.8. The van der Waals surface area contributed by atoms with Gasteiger partial charge >= 0.3 is 0 Å². The van der Waals surface area contributed by atoms with Crippen LogP contribution in [-0.2, 0) is 19.9 Å². The smallest absolute Gasteiger partial charge is 0.185 e. The minimum Gasteiger partial charge on any atom is -0.338 e. The lowest BCUT2D eigenvalue weighted by atomic mass is 9.94. The van der Waals surface area contributed by atoms with Gasteiger partial charge in [0, 0.05) is 43.9 Å². The molecule has 4 nitrogen and oxygen atoms in total. The van der Waals surface area contributed by atoms with E-state index in [1.807, 2.05) is 43.7 Å². The number of hydrogen-bond donors (Lipinski definition) is 0. The molecule has 28 heavy (non-hydrogen) atoms. The summed E-state index contributed by atoms with van der Waals surface area (Å²) in [6.45, 7) is 4.29. The molecule has 0 spiro atoms. The lowest BCUT2D eigenvalue weighted by Crippen LogP contribution is -2.09. The molecule has 1 atom stereocenters. The molecule has 0 N–H and O–H groups in total. The number of hydrogen-bond acceptors (Lipinski definition) is 3. The molecule has 144 valence electrons. The number of carbonyl (C=O) groups is 1. The van der Waals surface area contributed by atoms with Gasteiger partial charge in [-0.2, -0.15) is 0 Å². The summed E-state index contributed by atoms with van der Waals surface area (Å²) in [5.41, 5.74) is 5.19. The van der Waals surface area contributed by atoms with Crippen LogP contribution in [-0.4, -0.2) is 20.3 Å². The third-order valence-electron chi connectivity index (χ3n) is 5.68. The molecule has 0 bridgehead atoms. The average molecular weight is 374 g/mol. The monoisotopic (exact) mass is 373 g/mol. The van der Waals surface area contributed by atoms with Crippen molar-refractivity contribution in [2.45, 2.75) is 51.4 Å². The van der Waals surface area contributed by atoms with Crippen molar-refractivity contribution in [3.05, 3.63) is 82.7 Å². The minimum atomic E-state index is 0.0933. The maximum Gasteiger partial charge on any atom is 0.185 e. The molecule has 0 saturated heterocycles. The van der Waals surface area contributed by atoms with Crippen LogP contribution in [0.5, 0.6) is 0 Å². The number of imidazole rings is 1. The van der Waals surface area contributed by atoms with Gasteiger partial charge in [0.2, 0.25) is 0 Å². The van der Waals surface area contributed by atoms with Gasteiger partial charge in [0.25, 0.3) is 0 Å². The number of ketones is 1. The van der Waals surface area contributed by atoms with Crippen molar-refractivity contribution in [2.24, 2.45) is 7.05 Å². The fourth-order valence-electron chi connectivity index (χ4n) is 3.74. The highest BCUT2D eigenvalue weighted by Crippen LogP contribution is 2.40. The van der Waals surface area contributed by atoms with Crippen molar-refractivity contribution in [3.63, 3.8) is 0 Å². The summed E-state index contributed by atoms with van der Waals surface area (Å²) in [5, 5.41) is 0. The molecular weight excluding hydrogens is 346 g/mol. The summed E-state index contributed by atoms with van der Waals surface area (Å²) in [7, 11) is 2.02. The van der Waals surface area contributed by atoms with Crippen molar-refractivity contribution >= 4 is 5.78 Å². The van der Waals surface area contributed by atoms with E-state index in [9.17, 15) is 4.79 Å². The Balaban J connectivity index is 1.48. The number of benzene rings is 1. The number of aryl methyl sites for hydroxylation is 2. The predicted molar refractivity (Wildman–Crippen MR) is 111 cm³/mol. The molecule has 1 fully saturated rings. The molecule has 0 amide bonds. The van der Waals surface area contributed by atoms with Crippen molar-refractivity contribution in [1.29, 1.82) is 0 Å². The molecule has 0 aliphatic heterocycles. The van der Waals surface area contributed by atoms with Gasteiger partial charge in [-0.1, -0.05) is 37.3 Å². The van der Waals surface area contributed by atoms with E-state index in [0.717, 1.165) is 23.5 Å². The van der Waals surface area contributed by atoms with Crippen LogP contribution in [0.3, 0.4) is 0 Å². The molecule has 2 heterocycles. The van der Waals surface area contributed by atoms with E-state index < -0.39 is 0 Å². The Kier molecular flexibility index (Phi) is 5.12. The van der Waals surface area contributed by atoms with E-state index in [0.29, 0.717) is 24.0 Å². The lowest BCUT2D eigenvalue weighted by Gasteiger charge is -2.13. The van der Waals surface area contributed by atoms with Gasteiger partial charge in [-0.05, 0) is 48.4 Å². The predicted octanol–water partition coefficient (Wildman–Crippen LogP) is 4.77. The fraction of sp³-hybridized carbons (Fsp3) is 0.375. The van der Waals surface area contributed by atoms with Gasteiger partial charge in [0.15, 0.2) is 5.78 Å². The van der Waals surface area contributed by atoms with E-state index in [-0.39, 0.29) is 5.78 Å². The van der Waals surface area contributed by atoms with Crippen LogP contribution in [0.4, 0.5) is 0 Å². The highest BCUT2D eigenvalue weighted by Gasteiger charge is 2.27. The molecule has 1 unspecified atom stereocenters. The van der Waals surface area contributed by atoms with E-state index in [1.54, 1.807) is 0 Å². The maximum absolute atomic E-state index is 12.8. The minimum absolute atomic E-state index is 0.0933. The fourth-order valence-corrected chi connectivity index (χ4v) is 3.74. The molecule has 1 aromatic carbocycles. The highest BCUT2D eigenvalue weighted by atomic mass is 16.1. The second kappa shape index (κ2) is 7.70. The Labute approximate surface area is 166 Å². The van der Waals surface area contributed by atoms with Crippen LogP contribution in [0, 0.1) is 6.92 Å². The molecule has 4 rings (SSSR count). The van der Waals surface area contributed by atoms with Crippen LogP contribution in [0.2, 0.25) is 0 Å². The third-order valence-corrected chi connectivity index (χ3v) is 5.68. The number of rotatable bonds is 7. The van der Waals surface area contributed by atoms with E-state index in [2.05, 4.69) is 40.5 Å². The molecule has 0 radical (unpaired) electrons. The zero-order valence-corrected chi connectivity index (χ0v) is 16.9. The highest BCUT2D eigenvalue weighted by molar-refractivity contribution is 5.95. The lowest BCUT2D eigenvalue weighted by molar-refractivity contribution is 0.0988. The largest absolute Gasteiger partial charge is 0.338 e.